The molecule has 9 nitrogen and oxygen atoms in total. The van der Waals surface area contributed by atoms with Crippen molar-refractivity contribution in [3.8, 4) is 28.7 Å². The fourth-order valence-corrected chi connectivity index (χ4v) is 4.20. The van der Waals surface area contributed by atoms with Gasteiger partial charge in [-0.1, -0.05) is 31.1 Å². The fourth-order valence-electron chi connectivity index (χ4n) is 4.20. The molecule has 2 aromatic carbocycles. The van der Waals surface area contributed by atoms with Crippen molar-refractivity contribution in [3.63, 3.8) is 0 Å². The van der Waals surface area contributed by atoms with E-state index in [0.717, 1.165) is 0 Å². The molecule has 35 heavy (non-hydrogen) atoms. The van der Waals surface area contributed by atoms with Crippen molar-refractivity contribution in [3.05, 3.63) is 76.8 Å². The van der Waals surface area contributed by atoms with E-state index in [1.165, 1.54) is 28.8 Å². The molecule has 0 spiro atoms. The van der Waals surface area contributed by atoms with Crippen molar-refractivity contribution < 1.29 is 29.4 Å². The summed E-state index contributed by atoms with van der Waals surface area (Å²) in [4.78, 5) is 28.9. The molecule has 0 unspecified atom stereocenters. The lowest BCUT2D eigenvalue weighted by atomic mass is 9.92. The Morgan fingerprint density at radius 3 is 2.09 bits per heavy atom. The Kier molecular flexibility index (Phi) is 6.42. The van der Waals surface area contributed by atoms with Gasteiger partial charge in [0.2, 0.25) is 17.6 Å². The minimum atomic E-state index is -1.10. The van der Waals surface area contributed by atoms with E-state index < -0.39 is 23.4 Å². The molecular weight excluding hydrogens is 450 g/mol. The van der Waals surface area contributed by atoms with Crippen molar-refractivity contribution in [1.29, 1.82) is 0 Å². The SMILES string of the molecule is CCC(CC)c1c(C(=O)c2ccc(C(=O)O)cc2)c(O)c(O)n1-c1ccc(-c2noc(C)n2)cc1. The van der Waals surface area contributed by atoms with Crippen LogP contribution in [0.15, 0.2) is 53.1 Å². The Balaban J connectivity index is 1.85. The first-order valence-electron chi connectivity index (χ1n) is 11.2. The molecule has 0 atom stereocenters. The number of nitrogens with zero attached hydrogens (tertiary/aromatic N) is 3. The minimum absolute atomic E-state index is 0.00264. The Labute approximate surface area is 201 Å². The van der Waals surface area contributed by atoms with E-state index in [4.69, 9.17) is 9.63 Å². The molecule has 180 valence electrons. The highest BCUT2D eigenvalue weighted by Crippen LogP contribution is 2.44. The number of carboxylic acids is 1. The van der Waals surface area contributed by atoms with Crippen LogP contribution in [0.2, 0.25) is 0 Å². The number of ketones is 1. The largest absolute Gasteiger partial charge is 0.503 e. The normalized spacial score (nSPS) is 11.2. The number of carbonyl (C=O) groups is 2. The van der Waals surface area contributed by atoms with Gasteiger partial charge in [0, 0.05) is 35.3 Å². The molecule has 0 aliphatic heterocycles. The Bertz CT molecular complexity index is 1380. The van der Waals surface area contributed by atoms with Gasteiger partial charge in [-0.15, -0.1) is 0 Å². The van der Waals surface area contributed by atoms with Gasteiger partial charge in [-0.25, -0.2) is 4.79 Å². The maximum absolute atomic E-state index is 13.5. The molecule has 2 aromatic heterocycles. The highest BCUT2D eigenvalue weighted by atomic mass is 16.5. The van der Waals surface area contributed by atoms with Crippen LogP contribution in [-0.2, 0) is 0 Å². The topological polar surface area (TPSA) is 139 Å². The van der Waals surface area contributed by atoms with Crippen LogP contribution in [0.5, 0.6) is 11.6 Å². The Morgan fingerprint density at radius 1 is 0.971 bits per heavy atom. The fraction of sp³-hybridized carbons (Fsp3) is 0.231. The molecule has 0 aliphatic carbocycles. The van der Waals surface area contributed by atoms with E-state index in [-0.39, 0.29) is 22.6 Å². The van der Waals surface area contributed by atoms with E-state index >= 15 is 0 Å². The molecule has 9 heteroatoms. The summed E-state index contributed by atoms with van der Waals surface area (Å²) in [7, 11) is 0. The standard InChI is InChI=1S/C26H25N3O6/c1-4-15(5-2)21-20(22(30)16-6-8-18(9-7-16)26(33)34)23(31)25(32)29(21)19-12-10-17(11-13-19)24-27-14(3)35-28-24/h6-13,15,31-32H,4-5H2,1-3H3,(H,33,34). The zero-order valence-corrected chi connectivity index (χ0v) is 19.5. The first kappa shape index (κ1) is 23.7. The second-order valence-electron chi connectivity index (χ2n) is 8.18. The third kappa shape index (κ3) is 4.28. The molecule has 0 saturated carbocycles. The zero-order valence-electron chi connectivity index (χ0n) is 19.5. The van der Waals surface area contributed by atoms with Gasteiger partial charge in [0.15, 0.2) is 11.5 Å². The summed E-state index contributed by atoms with van der Waals surface area (Å²) in [6.07, 6.45) is 1.33. The van der Waals surface area contributed by atoms with E-state index in [2.05, 4.69) is 10.1 Å². The van der Waals surface area contributed by atoms with Gasteiger partial charge < -0.3 is 19.8 Å². The number of carboxylic acid groups (broad SMARTS) is 1. The predicted molar refractivity (Wildman–Crippen MR) is 127 cm³/mol. The van der Waals surface area contributed by atoms with Crippen molar-refractivity contribution >= 4 is 11.8 Å². The molecule has 4 rings (SSSR count). The first-order chi connectivity index (χ1) is 16.8. The third-order valence-electron chi connectivity index (χ3n) is 6.06. The maximum atomic E-state index is 13.5. The third-order valence-corrected chi connectivity index (χ3v) is 6.06. The summed E-state index contributed by atoms with van der Waals surface area (Å²) < 4.78 is 6.51. The molecule has 0 radical (unpaired) electrons. The predicted octanol–water partition coefficient (Wildman–Crippen LogP) is 5.08. The molecule has 3 N–H and O–H groups in total. The van der Waals surface area contributed by atoms with Gasteiger partial charge in [-0.2, -0.15) is 4.98 Å². The highest BCUT2D eigenvalue weighted by molar-refractivity contribution is 6.12. The molecular formula is C26H25N3O6. The second-order valence-corrected chi connectivity index (χ2v) is 8.18. The smallest absolute Gasteiger partial charge is 0.335 e. The van der Waals surface area contributed by atoms with Crippen LogP contribution in [0.4, 0.5) is 0 Å². The van der Waals surface area contributed by atoms with Gasteiger partial charge in [0.05, 0.1) is 11.1 Å². The van der Waals surface area contributed by atoms with Crippen molar-refractivity contribution in [2.45, 2.75) is 39.5 Å². The van der Waals surface area contributed by atoms with Gasteiger partial charge in [0.1, 0.15) is 0 Å². The molecule has 2 heterocycles. The number of hydrogen-bond acceptors (Lipinski definition) is 7. The lowest BCUT2D eigenvalue weighted by Crippen LogP contribution is -2.12. The Morgan fingerprint density at radius 2 is 1.57 bits per heavy atom. The van der Waals surface area contributed by atoms with Crippen LogP contribution < -0.4 is 0 Å². The van der Waals surface area contributed by atoms with E-state index in [0.29, 0.717) is 41.5 Å². The number of aryl methyl sites for hydroxylation is 1. The van der Waals surface area contributed by atoms with Crippen LogP contribution in [0.3, 0.4) is 0 Å². The Hall–Kier alpha value is -4.40. The summed E-state index contributed by atoms with van der Waals surface area (Å²) in [5, 5.41) is 34.9. The van der Waals surface area contributed by atoms with Crippen molar-refractivity contribution in [2.75, 3.05) is 0 Å². The van der Waals surface area contributed by atoms with Crippen LogP contribution in [0.25, 0.3) is 17.1 Å². The first-order valence-corrected chi connectivity index (χ1v) is 11.2. The van der Waals surface area contributed by atoms with Gasteiger partial charge in [-0.05, 0) is 49.2 Å². The quantitative estimate of drug-likeness (QED) is 0.300. The summed E-state index contributed by atoms with van der Waals surface area (Å²) in [5.74, 6) is -1.85. The molecule has 0 amide bonds. The van der Waals surface area contributed by atoms with Crippen molar-refractivity contribution in [1.82, 2.24) is 14.7 Å². The average Bonchev–Trinajstić information content (AvgIpc) is 3.41. The monoisotopic (exact) mass is 475 g/mol. The number of rotatable bonds is 8. The maximum Gasteiger partial charge on any atom is 0.335 e. The molecule has 0 bridgehead atoms. The summed E-state index contributed by atoms with van der Waals surface area (Å²) >= 11 is 0. The molecule has 0 fully saturated rings. The van der Waals surface area contributed by atoms with Crippen LogP contribution in [0, 0.1) is 6.92 Å². The van der Waals surface area contributed by atoms with Crippen LogP contribution in [0.1, 0.15) is 70.5 Å². The number of aromatic carboxylic acids is 1. The van der Waals surface area contributed by atoms with Gasteiger partial charge in [-0.3, -0.25) is 9.36 Å². The number of carbonyl (C=O) groups excluding carboxylic acids is 1. The summed E-state index contributed by atoms with van der Waals surface area (Å²) in [6.45, 7) is 5.63. The number of aromatic nitrogens is 3. The summed E-state index contributed by atoms with van der Waals surface area (Å²) in [6, 6.07) is 12.5. The van der Waals surface area contributed by atoms with Crippen LogP contribution in [-0.4, -0.2) is 41.8 Å². The van der Waals surface area contributed by atoms with E-state index in [1.807, 2.05) is 13.8 Å². The number of aromatic hydroxyl groups is 2. The number of hydrogen-bond donors (Lipinski definition) is 3. The van der Waals surface area contributed by atoms with Gasteiger partial charge in [0.25, 0.3) is 0 Å². The lowest BCUT2D eigenvalue weighted by molar-refractivity contribution is 0.0696. The van der Waals surface area contributed by atoms with E-state index in [1.54, 1.807) is 31.2 Å². The lowest BCUT2D eigenvalue weighted by Gasteiger charge is -2.19. The van der Waals surface area contributed by atoms with E-state index in [9.17, 15) is 19.8 Å². The molecule has 4 aromatic rings. The minimum Gasteiger partial charge on any atom is -0.503 e. The molecule has 0 saturated heterocycles. The number of benzene rings is 2. The second kappa shape index (κ2) is 9.46. The molecule has 0 aliphatic rings. The highest BCUT2D eigenvalue weighted by Gasteiger charge is 2.32. The zero-order chi connectivity index (χ0) is 25.3. The van der Waals surface area contributed by atoms with Crippen molar-refractivity contribution in [2.24, 2.45) is 0 Å². The van der Waals surface area contributed by atoms with Crippen LogP contribution >= 0.6 is 0 Å². The summed E-state index contributed by atoms with van der Waals surface area (Å²) in [5.41, 5.74) is 1.99. The average molecular weight is 476 g/mol. The van der Waals surface area contributed by atoms with Gasteiger partial charge >= 0.3 is 5.97 Å².